The summed E-state index contributed by atoms with van der Waals surface area (Å²) in [6.07, 6.45) is 0.611. The minimum Gasteiger partial charge on any atom is -0.376 e. The number of hydrogen-bond acceptors (Lipinski definition) is 4. The number of nitrogens with one attached hydrogen (secondary N) is 1. The maximum atomic E-state index is 5.67. The molecule has 0 spiro atoms. The van der Waals surface area contributed by atoms with Gasteiger partial charge in [0.1, 0.15) is 6.23 Å². The van der Waals surface area contributed by atoms with E-state index >= 15 is 0 Å². The fourth-order valence-electron chi connectivity index (χ4n) is 1.89. The van der Waals surface area contributed by atoms with Crippen molar-refractivity contribution in [2.24, 2.45) is 0 Å². The van der Waals surface area contributed by atoms with Gasteiger partial charge in [-0.05, 0) is 6.92 Å². The molecule has 4 nitrogen and oxygen atoms in total. The molecule has 0 aromatic rings. The van der Waals surface area contributed by atoms with Gasteiger partial charge in [-0.15, -0.1) is 0 Å². The fraction of sp³-hybridized carbons (Fsp3) is 1.00. The molecule has 2 unspecified atom stereocenters. The Kier molecular flexibility index (Phi) is 3.16. The molecule has 0 aromatic heterocycles. The van der Waals surface area contributed by atoms with Crippen LogP contribution in [0.2, 0.25) is 0 Å². The van der Waals surface area contributed by atoms with Crippen LogP contribution in [0.3, 0.4) is 0 Å². The first-order chi connectivity index (χ1) is 6.36. The lowest BCUT2D eigenvalue weighted by atomic mass is 10.3. The van der Waals surface area contributed by atoms with Crippen LogP contribution in [-0.4, -0.2) is 56.6 Å². The standard InChI is InChI=1S/C9H18N2O2/c1-8-7-11(3-5-12-8)9-6-10-2-4-13-9/h8-10H,2-7H2,1H3. The maximum absolute atomic E-state index is 5.67. The molecule has 2 saturated heterocycles. The van der Waals surface area contributed by atoms with Crippen LogP contribution in [0.25, 0.3) is 0 Å². The highest BCUT2D eigenvalue weighted by Gasteiger charge is 2.25. The Morgan fingerprint density at radius 3 is 2.92 bits per heavy atom. The largest absolute Gasteiger partial charge is 0.376 e. The van der Waals surface area contributed by atoms with Crippen LogP contribution in [0, 0.1) is 0 Å². The van der Waals surface area contributed by atoms with E-state index in [-0.39, 0.29) is 6.23 Å². The lowest BCUT2D eigenvalue weighted by molar-refractivity contribution is -0.124. The van der Waals surface area contributed by atoms with Crippen LogP contribution in [0.1, 0.15) is 6.92 Å². The molecule has 76 valence electrons. The molecule has 13 heavy (non-hydrogen) atoms. The van der Waals surface area contributed by atoms with Gasteiger partial charge in [0.2, 0.25) is 0 Å². The molecule has 0 aliphatic carbocycles. The molecule has 4 heteroatoms. The number of hydrogen-bond donors (Lipinski definition) is 1. The average Bonchev–Trinajstić information content (AvgIpc) is 2.19. The molecular weight excluding hydrogens is 168 g/mol. The first kappa shape index (κ1) is 9.40. The van der Waals surface area contributed by atoms with Crippen molar-refractivity contribution < 1.29 is 9.47 Å². The molecule has 0 bridgehead atoms. The fourth-order valence-corrected chi connectivity index (χ4v) is 1.89. The molecule has 0 radical (unpaired) electrons. The van der Waals surface area contributed by atoms with Crippen molar-refractivity contribution in [1.82, 2.24) is 10.2 Å². The minimum atomic E-state index is 0.264. The van der Waals surface area contributed by atoms with Crippen molar-refractivity contribution in [2.75, 3.05) is 39.4 Å². The highest BCUT2D eigenvalue weighted by molar-refractivity contribution is 4.74. The summed E-state index contributed by atoms with van der Waals surface area (Å²) in [4.78, 5) is 2.36. The molecule has 2 fully saturated rings. The van der Waals surface area contributed by atoms with Crippen molar-refractivity contribution in [1.29, 1.82) is 0 Å². The quantitative estimate of drug-likeness (QED) is 0.607. The van der Waals surface area contributed by atoms with Gasteiger partial charge < -0.3 is 14.8 Å². The van der Waals surface area contributed by atoms with E-state index in [0.29, 0.717) is 6.10 Å². The molecule has 0 saturated carbocycles. The average molecular weight is 186 g/mol. The molecule has 0 aromatic carbocycles. The Balaban J connectivity index is 1.83. The van der Waals surface area contributed by atoms with Crippen LogP contribution in [-0.2, 0) is 9.47 Å². The number of nitrogens with zero attached hydrogens (tertiary/aromatic N) is 1. The van der Waals surface area contributed by atoms with Gasteiger partial charge in [-0.1, -0.05) is 0 Å². The van der Waals surface area contributed by atoms with Crippen LogP contribution in [0.15, 0.2) is 0 Å². The number of morpholine rings is 2. The third-order valence-electron chi connectivity index (χ3n) is 2.59. The lowest BCUT2D eigenvalue weighted by Crippen LogP contribution is -2.54. The second-order valence-corrected chi connectivity index (χ2v) is 3.71. The summed E-state index contributed by atoms with van der Waals surface area (Å²) in [5, 5.41) is 3.34. The van der Waals surface area contributed by atoms with E-state index in [1.54, 1.807) is 0 Å². The Labute approximate surface area is 79.2 Å². The second kappa shape index (κ2) is 4.37. The second-order valence-electron chi connectivity index (χ2n) is 3.71. The van der Waals surface area contributed by atoms with E-state index in [9.17, 15) is 0 Å². The van der Waals surface area contributed by atoms with Crippen LogP contribution in [0.5, 0.6) is 0 Å². The molecular formula is C9H18N2O2. The topological polar surface area (TPSA) is 33.7 Å². The summed E-state index contributed by atoms with van der Waals surface area (Å²) < 4.78 is 11.2. The predicted molar refractivity (Wildman–Crippen MR) is 49.6 cm³/mol. The Morgan fingerprint density at radius 1 is 1.31 bits per heavy atom. The van der Waals surface area contributed by atoms with Crippen LogP contribution < -0.4 is 5.32 Å². The minimum absolute atomic E-state index is 0.264. The molecule has 2 atom stereocenters. The van der Waals surface area contributed by atoms with Gasteiger partial charge in [0.25, 0.3) is 0 Å². The molecule has 2 heterocycles. The van der Waals surface area contributed by atoms with Crippen molar-refractivity contribution in [3.05, 3.63) is 0 Å². The van der Waals surface area contributed by atoms with Gasteiger partial charge in [-0.2, -0.15) is 0 Å². The van der Waals surface area contributed by atoms with Crippen molar-refractivity contribution in [2.45, 2.75) is 19.3 Å². The smallest absolute Gasteiger partial charge is 0.123 e. The first-order valence-electron chi connectivity index (χ1n) is 5.04. The summed E-state index contributed by atoms with van der Waals surface area (Å²) in [6, 6.07) is 0. The third-order valence-corrected chi connectivity index (χ3v) is 2.59. The van der Waals surface area contributed by atoms with E-state index in [4.69, 9.17) is 9.47 Å². The zero-order chi connectivity index (χ0) is 9.10. The molecule has 2 aliphatic rings. The van der Waals surface area contributed by atoms with Gasteiger partial charge in [-0.3, -0.25) is 4.90 Å². The van der Waals surface area contributed by atoms with E-state index < -0.39 is 0 Å². The van der Waals surface area contributed by atoms with E-state index in [1.165, 1.54) is 0 Å². The SMILES string of the molecule is CC1CN(C2CNCCO2)CCO1. The van der Waals surface area contributed by atoms with Gasteiger partial charge in [0, 0.05) is 26.2 Å². The molecule has 1 N–H and O–H groups in total. The number of ether oxygens (including phenoxy) is 2. The highest BCUT2D eigenvalue weighted by atomic mass is 16.5. The zero-order valence-electron chi connectivity index (χ0n) is 8.16. The third kappa shape index (κ3) is 2.40. The summed E-state index contributed by atoms with van der Waals surface area (Å²) in [5.41, 5.74) is 0. The summed E-state index contributed by atoms with van der Waals surface area (Å²) >= 11 is 0. The zero-order valence-corrected chi connectivity index (χ0v) is 8.16. The highest BCUT2D eigenvalue weighted by Crippen LogP contribution is 2.10. The van der Waals surface area contributed by atoms with Crippen LogP contribution in [0.4, 0.5) is 0 Å². The van der Waals surface area contributed by atoms with Gasteiger partial charge in [0.15, 0.2) is 0 Å². The Bertz CT molecular complexity index is 160. The molecule has 2 aliphatic heterocycles. The monoisotopic (exact) mass is 186 g/mol. The van der Waals surface area contributed by atoms with Crippen molar-refractivity contribution in [3.8, 4) is 0 Å². The van der Waals surface area contributed by atoms with E-state index in [0.717, 1.165) is 39.4 Å². The van der Waals surface area contributed by atoms with Gasteiger partial charge in [-0.25, -0.2) is 0 Å². The summed E-state index contributed by atoms with van der Waals surface area (Å²) in [7, 11) is 0. The van der Waals surface area contributed by atoms with Gasteiger partial charge in [0.05, 0.1) is 19.3 Å². The van der Waals surface area contributed by atoms with Crippen molar-refractivity contribution in [3.63, 3.8) is 0 Å². The van der Waals surface area contributed by atoms with E-state index in [1.807, 2.05) is 0 Å². The molecule has 0 amide bonds. The van der Waals surface area contributed by atoms with Gasteiger partial charge >= 0.3 is 0 Å². The summed E-state index contributed by atoms with van der Waals surface area (Å²) in [5.74, 6) is 0. The van der Waals surface area contributed by atoms with Crippen molar-refractivity contribution >= 4 is 0 Å². The maximum Gasteiger partial charge on any atom is 0.123 e. The predicted octanol–water partition coefficient (Wildman–Crippen LogP) is -0.347. The summed E-state index contributed by atoms with van der Waals surface area (Å²) in [6.45, 7) is 7.70. The Morgan fingerprint density at radius 2 is 2.23 bits per heavy atom. The molecule has 2 rings (SSSR count). The lowest BCUT2D eigenvalue weighted by Gasteiger charge is -2.38. The Hall–Kier alpha value is -0.160. The number of rotatable bonds is 1. The first-order valence-corrected chi connectivity index (χ1v) is 5.04. The normalized spacial score (nSPS) is 37.6. The van der Waals surface area contributed by atoms with Crippen LogP contribution >= 0.6 is 0 Å². The van der Waals surface area contributed by atoms with E-state index in [2.05, 4.69) is 17.1 Å².